The number of carbonyl (C=O) groups is 1. The lowest BCUT2D eigenvalue weighted by molar-refractivity contribution is -0.160. The largest absolute Gasteiger partial charge is 0.459 e. The van der Waals surface area contributed by atoms with Gasteiger partial charge in [-0.2, -0.15) is 0 Å². The minimum atomic E-state index is -0.447. The number of halogens is 1. The number of rotatable bonds is 3. The van der Waals surface area contributed by atoms with Crippen LogP contribution < -0.4 is 0 Å². The van der Waals surface area contributed by atoms with Crippen molar-refractivity contribution >= 4 is 28.9 Å². The summed E-state index contributed by atoms with van der Waals surface area (Å²) in [6.07, 6.45) is 1.83. The van der Waals surface area contributed by atoms with Gasteiger partial charge in [0.15, 0.2) is 0 Å². The summed E-state index contributed by atoms with van der Waals surface area (Å²) in [5.41, 5.74) is -0.447. The Morgan fingerprint density at radius 1 is 1.53 bits per heavy atom. The van der Waals surface area contributed by atoms with Crippen molar-refractivity contribution in [3.05, 3.63) is 9.47 Å². The minimum Gasteiger partial charge on any atom is -0.459 e. The Kier molecular flexibility index (Phi) is 4.43. The quantitative estimate of drug-likeness (QED) is 0.803. The van der Waals surface area contributed by atoms with Gasteiger partial charge in [-0.1, -0.05) is 11.3 Å². The third kappa shape index (κ3) is 4.12. The standard InChI is InChI=1S/C12H18ClN3O2S/c1-12(2,3)18-10(17)8-5-4-6-16(8)7-9-14-15-11(13)19-9/h8H,4-7H2,1-3H3/t8-/m0/s1. The van der Waals surface area contributed by atoms with E-state index in [-0.39, 0.29) is 12.0 Å². The zero-order valence-corrected chi connectivity index (χ0v) is 12.9. The number of hydrogen-bond donors (Lipinski definition) is 0. The molecule has 0 N–H and O–H groups in total. The summed E-state index contributed by atoms with van der Waals surface area (Å²) in [7, 11) is 0. The van der Waals surface area contributed by atoms with Crippen molar-refractivity contribution in [1.29, 1.82) is 0 Å². The molecule has 7 heteroatoms. The molecule has 1 aliphatic rings. The molecule has 1 aliphatic heterocycles. The maximum atomic E-state index is 12.1. The highest BCUT2D eigenvalue weighted by atomic mass is 35.5. The molecule has 1 aromatic rings. The van der Waals surface area contributed by atoms with Crippen molar-refractivity contribution in [2.45, 2.75) is 51.8 Å². The number of nitrogens with zero attached hydrogens (tertiary/aromatic N) is 3. The van der Waals surface area contributed by atoms with E-state index in [0.29, 0.717) is 11.0 Å². The van der Waals surface area contributed by atoms with E-state index in [1.165, 1.54) is 11.3 Å². The summed E-state index contributed by atoms with van der Waals surface area (Å²) in [5, 5.41) is 8.60. The van der Waals surface area contributed by atoms with Crippen LogP contribution in [0.4, 0.5) is 0 Å². The highest BCUT2D eigenvalue weighted by Gasteiger charge is 2.34. The van der Waals surface area contributed by atoms with E-state index in [1.807, 2.05) is 20.8 Å². The summed E-state index contributed by atoms with van der Waals surface area (Å²) in [6, 6.07) is -0.179. The summed E-state index contributed by atoms with van der Waals surface area (Å²) < 4.78 is 5.89. The molecule has 0 radical (unpaired) electrons. The molecule has 0 amide bonds. The molecule has 2 heterocycles. The Bertz CT molecular complexity index is 458. The molecule has 0 aliphatic carbocycles. The van der Waals surface area contributed by atoms with Crippen LogP contribution in [0.25, 0.3) is 0 Å². The second kappa shape index (κ2) is 5.73. The number of likely N-dealkylation sites (tertiary alicyclic amines) is 1. The molecule has 0 saturated carbocycles. The predicted molar refractivity (Wildman–Crippen MR) is 74.2 cm³/mol. The highest BCUT2D eigenvalue weighted by Crippen LogP contribution is 2.25. The lowest BCUT2D eigenvalue weighted by Gasteiger charge is -2.26. The second-order valence-corrected chi connectivity index (χ2v) is 7.25. The van der Waals surface area contributed by atoms with Crippen molar-refractivity contribution in [2.75, 3.05) is 6.54 Å². The topological polar surface area (TPSA) is 55.3 Å². The molecule has 1 aromatic heterocycles. The average Bonchev–Trinajstić information content (AvgIpc) is 2.86. The maximum Gasteiger partial charge on any atom is 0.323 e. The lowest BCUT2D eigenvalue weighted by Crippen LogP contribution is -2.40. The summed E-state index contributed by atoms with van der Waals surface area (Å²) in [6.45, 7) is 7.13. The van der Waals surface area contributed by atoms with E-state index in [0.717, 1.165) is 24.4 Å². The van der Waals surface area contributed by atoms with E-state index in [1.54, 1.807) is 0 Å². The Morgan fingerprint density at radius 3 is 2.84 bits per heavy atom. The third-order valence-corrected chi connectivity index (χ3v) is 3.83. The Morgan fingerprint density at radius 2 is 2.26 bits per heavy atom. The molecule has 0 spiro atoms. The summed E-state index contributed by atoms with van der Waals surface area (Å²) in [5.74, 6) is -0.152. The van der Waals surface area contributed by atoms with Gasteiger partial charge in [0.05, 0.1) is 6.54 Å². The van der Waals surface area contributed by atoms with E-state index < -0.39 is 5.60 Å². The zero-order valence-electron chi connectivity index (χ0n) is 11.4. The fourth-order valence-electron chi connectivity index (χ4n) is 2.12. The Balaban J connectivity index is 1.98. The molecule has 1 saturated heterocycles. The van der Waals surface area contributed by atoms with E-state index >= 15 is 0 Å². The molecule has 1 atom stereocenters. The third-order valence-electron chi connectivity index (χ3n) is 2.82. The van der Waals surface area contributed by atoms with Gasteiger partial charge in [-0.25, -0.2) is 0 Å². The molecule has 0 unspecified atom stereocenters. The van der Waals surface area contributed by atoms with Crippen molar-refractivity contribution in [3.8, 4) is 0 Å². The molecule has 0 bridgehead atoms. The highest BCUT2D eigenvalue weighted by molar-refractivity contribution is 7.15. The first-order chi connectivity index (χ1) is 8.85. The van der Waals surface area contributed by atoms with Gasteiger partial charge in [0.2, 0.25) is 4.47 Å². The first-order valence-electron chi connectivity index (χ1n) is 6.30. The first-order valence-corrected chi connectivity index (χ1v) is 7.49. The van der Waals surface area contributed by atoms with Crippen LogP contribution in [-0.4, -0.2) is 39.3 Å². The van der Waals surface area contributed by atoms with E-state index in [9.17, 15) is 4.79 Å². The number of carbonyl (C=O) groups excluding carboxylic acids is 1. The number of ether oxygens (including phenoxy) is 1. The SMILES string of the molecule is CC(C)(C)OC(=O)[C@@H]1CCCN1Cc1nnc(Cl)s1. The second-order valence-electron chi connectivity index (χ2n) is 5.61. The van der Waals surface area contributed by atoms with Crippen LogP contribution in [0.5, 0.6) is 0 Å². The van der Waals surface area contributed by atoms with Crippen molar-refractivity contribution in [3.63, 3.8) is 0 Å². The van der Waals surface area contributed by atoms with Crippen LogP contribution >= 0.6 is 22.9 Å². The summed E-state index contributed by atoms with van der Waals surface area (Å²) >= 11 is 7.12. The molecule has 0 aromatic carbocycles. The van der Waals surface area contributed by atoms with E-state index in [4.69, 9.17) is 16.3 Å². The van der Waals surface area contributed by atoms with Gasteiger partial charge in [-0.05, 0) is 51.8 Å². The van der Waals surface area contributed by atoms with Gasteiger partial charge >= 0.3 is 5.97 Å². The smallest absolute Gasteiger partial charge is 0.323 e. The number of hydrogen-bond acceptors (Lipinski definition) is 6. The van der Waals surface area contributed by atoms with Crippen LogP contribution in [0.3, 0.4) is 0 Å². The number of aromatic nitrogens is 2. The van der Waals surface area contributed by atoms with Crippen molar-refractivity contribution in [2.24, 2.45) is 0 Å². The zero-order chi connectivity index (χ0) is 14.0. The van der Waals surface area contributed by atoms with Crippen molar-refractivity contribution < 1.29 is 9.53 Å². The maximum absolute atomic E-state index is 12.1. The monoisotopic (exact) mass is 303 g/mol. The van der Waals surface area contributed by atoms with Gasteiger partial charge in [0.25, 0.3) is 0 Å². The van der Waals surface area contributed by atoms with E-state index in [2.05, 4.69) is 15.1 Å². The minimum absolute atomic E-state index is 0.152. The molecule has 19 heavy (non-hydrogen) atoms. The van der Waals surface area contributed by atoms with Gasteiger partial charge in [-0.3, -0.25) is 9.69 Å². The molecule has 1 fully saturated rings. The summed E-state index contributed by atoms with van der Waals surface area (Å²) in [4.78, 5) is 14.2. The molecule has 5 nitrogen and oxygen atoms in total. The first kappa shape index (κ1) is 14.7. The Hall–Kier alpha value is -0.720. The fraction of sp³-hybridized carbons (Fsp3) is 0.750. The van der Waals surface area contributed by atoms with Crippen LogP contribution in [0.1, 0.15) is 38.6 Å². The fourth-order valence-corrected chi connectivity index (χ4v) is 3.02. The molecular formula is C12H18ClN3O2S. The predicted octanol–water partition coefficient (Wildman–Crippen LogP) is 2.50. The Labute approximate surface area is 121 Å². The van der Waals surface area contributed by atoms with Gasteiger partial charge in [0, 0.05) is 0 Å². The van der Waals surface area contributed by atoms with Gasteiger partial charge in [-0.15, -0.1) is 10.2 Å². The van der Waals surface area contributed by atoms with Gasteiger partial charge < -0.3 is 4.74 Å². The number of esters is 1. The molecule has 106 valence electrons. The van der Waals surface area contributed by atoms with Crippen molar-refractivity contribution in [1.82, 2.24) is 15.1 Å². The van der Waals surface area contributed by atoms with Crippen LogP contribution in [0.15, 0.2) is 0 Å². The van der Waals surface area contributed by atoms with Crippen LogP contribution in [-0.2, 0) is 16.1 Å². The normalized spacial score (nSPS) is 20.7. The van der Waals surface area contributed by atoms with Crippen LogP contribution in [0.2, 0.25) is 4.47 Å². The van der Waals surface area contributed by atoms with Crippen LogP contribution in [0, 0.1) is 0 Å². The molecule has 2 rings (SSSR count). The lowest BCUT2D eigenvalue weighted by atomic mass is 10.1. The van der Waals surface area contributed by atoms with Gasteiger partial charge in [0.1, 0.15) is 16.7 Å². The molecular weight excluding hydrogens is 286 g/mol. The average molecular weight is 304 g/mol.